The summed E-state index contributed by atoms with van der Waals surface area (Å²) in [5.41, 5.74) is 0. The maximum absolute atomic E-state index is 5.35. The van der Waals surface area contributed by atoms with Gasteiger partial charge in [-0.25, -0.2) is 0 Å². The molecule has 1 aromatic rings. The van der Waals surface area contributed by atoms with Crippen molar-refractivity contribution in [3.63, 3.8) is 0 Å². The Morgan fingerprint density at radius 3 is 2.54 bits per heavy atom. The molecule has 0 unspecified atom stereocenters. The Labute approximate surface area is 103 Å². The van der Waals surface area contributed by atoms with Crippen LogP contribution in [0.1, 0.15) is 6.92 Å². The van der Waals surface area contributed by atoms with Crippen LogP contribution in [0.2, 0.25) is 0 Å². The standard InChI is InChI=1S/C9H11BrO2.Mg.2H/c1-3-12-9-6-7(10)4-5-8(9)11-2;;;/h4-6H,3H2,1-2H3;;;. The Morgan fingerprint density at radius 2 is 2.00 bits per heavy atom. The Kier molecular flexibility index (Phi) is 6.54. The minimum atomic E-state index is 0. The van der Waals surface area contributed by atoms with Gasteiger partial charge in [0.25, 0.3) is 0 Å². The minimum absolute atomic E-state index is 0. The van der Waals surface area contributed by atoms with Crippen molar-refractivity contribution in [3.05, 3.63) is 22.7 Å². The van der Waals surface area contributed by atoms with Crippen LogP contribution in [0.4, 0.5) is 0 Å². The van der Waals surface area contributed by atoms with Crippen LogP contribution in [0.25, 0.3) is 0 Å². The maximum Gasteiger partial charge on any atom is 0.316 e. The second-order valence-corrected chi connectivity index (χ2v) is 3.14. The molecule has 13 heavy (non-hydrogen) atoms. The Hall–Kier alpha value is 0.0662. The van der Waals surface area contributed by atoms with Gasteiger partial charge in [-0.1, -0.05) is 15.9 Å². The van der Waals surface area contributed by atoms with Crippen LogP contribution >= 0.6 is 15.9 Å². The van der Waals surface area contributed by atoms with E-state index in [-0.39, 0.29) is 23.1 Å². The molecule has 0 heterocycles. The van der Waals surface area contributed by atoms with E-state index in [4.69, 9.17) is 9.47 Å². The summed E-state index contributed by atoms with van der Waals surface area (Å²) in [6.07, 6.45) is 0. The molecule has 0 spiro atoms. The van der Waals surface area contributed by atoms with Crippen LogP contribution in [0.15, 0.2) is 22.7 Å². The Morgan fingerprint density at radius 1 is 1.31 bits per heavy atom. The van der Waals surface area contributed by atoms with Gasteiger partial charge in [-0.05, 0) is 25.1 Å². The first-order valence-corrected chi connectivity index (χ1v) is 4.53. The molecule has 0 saturated carbocycles. The fourth-order valence-electron chi connectivity index (χ4n) is 0.919. The number of benzene rings is 1. The highest BCUT2D eigenvalue weighted by Gasteiger charge is 2.02. The smallest absolute Gasteiger partial charge is 0.316 e. The van der Waals surface area contributed by atoms with E-state index >= 15 is 0 Å². The van der Waals surface area contributed by atoms with Gasteiger partial charge < -0.3 is 9.47 Å². The Balaban J connectivity index is 0.00000144. The largest absolute Gasteiger partial charge is 0.493 e. The zero-order chi connectivity index (χ0) is 8.97. The lowest BCUT2D eigenvalue weighted by molar-refractivity contribution is 0.310. The van der Waals surface area contributed by atoms with E-state index in [2.05, 4.69) is 15.9 Å². The molecule has 0 aromatic heterocycles. The highest BCUT2D eigenvalue weighted by Crippen LogP contribution is 2.29. The van der Waals surface area contributed by atoms with Crippen LogP contribution in [0.3, 0.4) is 0 Å². The fraction of sp³-hybridized carbons (Fsp3) is 0.333. The maximum atomic E-state index is 5.35. The summed E-state index contributed by atoms with van der Waals surface area (Å²) in [5.74, 6) is 1.54. The summed E-state index contributed by atoms with van der Waals surface area (Å²) in [7, 11) is 1.63. The monoisotopic (exact) mass is 256 g/mol. The molecular formula is C9H13BrMgO2. The Bertz CT molecular complexity index is 266. The summed E-state index contributed by atoms with van der Waals surface area (Å²) in [5, 5.41) is 0. The van der Waals surface area contributed by atoms with Crippen molar-refractivity contribution in [1.29, 1.82) is 0 Å². The van der Waals surface area contributed by atoms with Crippen molar-refractivity contribution < 1.29 is 9.47 Å². The third-order valence-electron chi connectivity index (χ3n) is 1.43. The molecule has 0 saturated heterocycles. The predicted octanol–water partition coefficient (Wildman–Crippen LogP) is 1.94. The molecule has 0 aliphatic heterocycles. The molecule has 1 rings (SSSR count). The predicted molar refractivity (Wildman–Crippen MR) is 60.4 cm³/mol. The van der Waals surface area contributed by atoms with Crippen molar-refractivity contribution in [1.82, 2.24) is 0 Å². The van der Waals surface area contributed by atoms with Crippen LogP contribution in [-0.4, -0.2) is 36.8 Å². The molecule has 70 valence electrons. The first-order valence-electron chi connectivity index (χ1n) is 3.74. The number of methoxy groups -OCH3 is 1. The topological polar surface area (TPSA) is 18.5 Å². The van der Waals surface area contributed by atoms with Gasteiger partial charge in [0.05, 0.1) is 13.7 Å². The van der Waals surface area contributed by atoms with E-state index in [0.717, 1.165) is 16.0 Å². The third-order valence-corrected chi connectivity index (χ3v) is 1.92. The first kappa shape index (κ1) is 13.1. The molecule has 0 N–H and O–H groups in total. The molecule has 0 amide bonds. The van der Waals surface area contributed by atoms with E-state index in [9.17, 15) is 0 Å². The van der Waals surface area contributed by atoms with Crippen LogP contribution in [0, 0.1) is 0 Å². The van der Waals surface area contributed by atoms with E-state index in [1.165, 1.54) is 0 Å². The summed E-state index contributed by atoms with van der Waals surface area (Å²) < 4.78 is 11.5. The normalized spacial score (nSPS) is 8.85. The molecule has 0 atom stereocenters. The molecule has 0 aliphatic rings. The SMILES string of the molecule is CCOc1cc(Br)ccc1OC.[MgH2]. The highest BCUT2D eigenvalue weighted by atomic mass is 79.9. The quantitative estimate of drug-likeness (QED) is 0.771. The molecule has 1 aromatic carbocycles. The van der Waals surface area contributed by atoms with Crippen LogP contribution in [-0.2, 0) is 0 Å². The lowest BCUT2D eigenvalue weighted by Crippen LogP contribution is -1.94. The fourth-order valence-corrected chi connectivity index (χ4v) is 1.26. The molecule has 4 heteroatoms. The van der Waals surface area contributed by atoms with Gasteiger partial charge in [-0.3, -0.25) is 0 Å². The molecular weight excluding hydrogens is 244 g/mol. The van der Waals surface area contributed by atoms with Crippen molar-refractivity contribution in [3.8, 4) is 11.5 Å². The van der Waals surface area contributed by atoms with Crippen LogP contribution in [0.5, 0.6) is 11.5 Å². The molecule has 2 nitrogen and oxygen atoms in total. The second kappa shape index (κ2) is 6.51. The molecule has 0 radical (unpaired) electrons. The van der Waals surface area contributed by atoms with Gasteiger partial charge in [0.15, 0.2) is 11.5 Å². The van der Waals surface area contributed by atoms with Gasteiger partial charge >= 0.3 is 23.1 Å². The number of rotatable bonds is 3. The van der Waals surface area contributed by atoms with Gasteiger partial charge in [0.1, 0.15) is 0 Å². The molecule has 0 aliphatic carbocycles. The van der Waals surface area contributed by atoms with Gasteiger partial charge in [-0.2, -0.15) is 0 Å². The van der Waals surface area contributed by atoms with Crippen molar-refractivity contribution in [2.24, 2.45) is 0 Å². The summed E-state index contributed by atoms with van der Waals surface area (Å²) >= 11 is 3.36. The van der Waals surface area contributed by atoms with Crippen molar-refractivity contribution in [2.75, 3.05) is 13.7 Å². The van der Waals surface area contributed by atoms with E-state index in [1.807, 2.05) is 25.1 Å². The number of hydrogen-bond acceptors (Lipinski definition) is 2. The number of halogens is 1. The highest BCUT2D eigenvalue weighted by molar-refractivity contribution is 9.10. The van der Waals surface area contributed by atoms with Crippen molar-refractivity contribution >= 4 is 39.0 Å². The van der Waals surface area contributed by atoms with E-state index < -0.39 is 0 Å². The van der Waals surface area contributed by atoms with Crippen molar-refractivity contribution in [2.45, 2.75) is 6.92 Å². The zero-order valence-electron chi connectivity index (χ0n) is 7.13. The lowest BCUT2D eigenvalue weighted by Gasteiger charge is -2.08. The minimum Gasteiger partial charge on any atom is -0.493 e. The lowest BCUT2D eigenvalue weighted by atomic mass is 10.3. The first-order chi connectivity index (χ1) is 5.77. The summed E-state index contributed by atoms with van der Waals surface area (Å²) in [4.78, 5) is 0. The number of ether oxygens (including phenoxy) is 2. The zero-order valence-corrected chi connectivity index (χ0v) is 8.72. The summed E-state index contributed by atoms with van der Waals surface area (Å²) in [6.45, 7) is 2.59. The average molecular weight is 257 g/mol. The van der Waals surface area contributed by atoms with Gasteiger partial charge in [0.2, 0.25) is 0 Å². The third kappa shape index (κ3) is 3.75. The summed E-state index contributed by atoms with van der Waals surface area (Å²) in [6, 6.07) is 5.68. The molecule has 0 bridgehead atoms. The number of hydrogen-bond donors (Lipinski definition) is 0. The van der Waals surface area contributed by atoms with Gasteiger partial charge in [-0.15, -0.1) is 0 Å². The van der Waals surface area contributed by atoms with E-state index in [1.54, 1.807) is 7.11 Å². The van der Waals surface area contributed by atoms with E-state index in [0.29, 0.717) is 6.61 Å². The van der Waals surface area contributed by atoms with Crippen LogP contribution < -0.4 is 9.47 Å². The molecule has 0 fully saturated rings. The van der Waals surface area contributed by atoms with Gasteiger partial charge in [0, 0.05) is 4.47 Å². The second-order valence-electron chi connectivity index (χ2n) is 2.23. The average Bonchev–Trinajstić information content (AvgIpc) is 2.05.